The molecule has 0 radical (unpaired) electrons. The number of hydrogen-bond acceptors (Lipinski definition) is 4. The van der Waals surface area contributed by atoms with Crippen molar-refractivity contribution in [2.45, 2.75) is 10.9 Å². The van der Waals surface area contributed by atoms with Crippen LogP contribution in [-0.4, -0.2) is 20.5 Å². The van der Waals surface area contributed by atoms with Gasteiger partial charge in [0.25, 0.3) is 0 Å². The van der Waals surface area contributed by atoms with E-state index in [-0.39, 0.29) is 6.04 Å². The van der Waals surface area contributed by atoms with E-state index in [2.05, 4.69) is 6.07 Å². The maximum atomic E-state index is 6.47. The lowest BCUT2D eigenvalue weighted by Crippen LogP contribution is -2.15. The summed E-state index contributed by atoms with van der Waals surface area (Å²) in [6.45, 7) is 0. The topological polar surface area (TPSA) is 44.5 Å². The highest BCUT2D eigenvalue weighted by atomic mass is 32.2. The highest BCUT2D eigenvalue weighted by Crippen LogP contribution is 2.38. The summed E-state index contributed by atoms with van der Waals surface area (Å²) in [6, 6.07) is 13.5. The van der Waals surface area contributed by atoms with Gasteiger partial charge in [-0.25, -0.2) is 0 Å². The predicted octanol–water partition coefficient (Wildman–Crippen LogP) is 3.47. The zero-order valence-electron chi connectivity index (χ0n) is 11.9. The lowest BCUT2D eigenvalue weighted by molar-refractivity contribution is 0.382. The fraction of sp³-hybridized carbons (Fsp3) is 0.250. The quantitative estimate of drug-likeness (QED) is 0.856. The Morgan fingerprint density at radius 1 is 0.950 bits per heavy atom. The van der Waals surface area contributed by atoms with Gasteiger partial charge >= 0.3 is 0 Å². The normalized spacial score (nSPS) is 12.0. The minimum Gasteiger partial charge on any atom is -0.496 e. The smallest absolute Gasteiger partial charge is 0.127 e. The van der Waals surface area contributed by atoms with Gasteiger partial charge in [0.1, 0.15) is 11.5 Å². The molecule has 0 fully saturated rings. The van der Waals surface area contributed by atoms with Gasteiger partial charge in [-0.3, -0.25) is 0 Å². The molecule has 2 aromatic carbocycles. The van der Waals surface area contributed by atoms with E-state index in [4.69, 9.17) is 15.2 Å². The van der Waals surface area contributed by atoms with Gasteiger partial charge in [-0.2, -0.15) is 0 Å². The van der Waals surface area contributed by atoms with E-state index >= 15 is 0 Å². The molecule has 3 nitrogen and oxygen atoms in total. The third kappa shape index (κ3) is 2.76. The monoisotopic (exact) mass is 289 g/mol. The predicted molar refractivity (Wildman–Crippen MR) is 83.8 cm³/mol. The average molecular weight is 289 g/mol. The van der Waals surface area contributed by atoms with Gasteiger partial charge in [-0.15, -0.1) is 11.8 Å². The summed E-state index contributed by atoms with van der Waals surface area (Å²) in [4.78, 5) is 1.16. The second-order valence-corrected chi connectivity index (χ2v) is 5.14. The first kappa shape index (κ1) is 14.8. The summed E-state index contributed by atoms with van der Waals surface area (Å²) < 4.78 is 10.9. The molecule has 0 aromatic heterocycles. The van der Waals surface area contributed by atoms with Gasteiger partial charge in [0.15, 0.2) is 0 Å². The van der Waals surface area contributed by atoms with Crippen molar-refractivity contribution in [2.75, 3.05) is 20.5 Å². The van der Waals surface area contributed by atoms with Crippen molar-refractivity contribution in [1.82, 2.24) is 0 Å². The number of methoxy groups -OCH3 is 2. The summed E-state index contributed by atoms with van der Waals surface area (Å²) in [6.07, 6.45) is 2.05. The Kier molecular flexibility index (Phi) is 4.93. The number of ether oxygens (including phenoxy) is 2. The molecule has 1 unspecified atom stereocenters. The lowest BCUT2D eigenvalue weighted by Gasteiger charge is -2.20. The maximum absolute atomic E-state index is 6.47. The zero-order valence-corrected chi connectivity index (χ0v) is 12.7. The Labute approximate surface area is 124 Å². The molecule has 20 heavy (non-hydrogen) atoms. The number of nitrogens with two attached hydrogens (primary N) is 1. The third-order valence-corrected chi connectivity index (χ3v) is 4.06. The van der Waals surface area contributed by atoms with Crippen LogP contribution in [-0.2, 0) is 0 Å². The fourth-order valence-corrected chi connectivity index (χ4v) is 2.91. The standard InChI is InChI=1S/C16H19NO2S/c1-18-12-8-6-9-13(19-2)15(12)16(17)11-7-4-5-10-14(11)20-3/h4-10,16H,17H2,1-3H3. The first-order valence-electron chi connectivity index (χ1n) is 6.32. The van der Waals surface area contributed by atoms with E-state index in [0.717, 1.165) is 27.5 Å². The summed E-state index contributed by atoms with van der Waals surface area (Å²) in [7, 11) is 3.29. The molecule has 0 saturated heterocycles. The van der Waals surface area contributed by atoms with Crippen LogP contribution in [0, 0.1) is 0 Å². The Bertz CT molecular complexity index is 564. The van der Waals surface area contributed by atoms with E-state index in [1.807, 2.05) is 42.7 Å². The van der Waals surface area contributed by atoms with Crippen molar-refractivity contribution >= 4 is 11.8 Å². The van der Waals surface area contributed by atoms with Crippen molar-refractivity contribution < 1.29 is 9.47 Å². The molecule has 1 atom stereocenters. The van der Waals surface area contributed by atoms with Crippen molar-refractivity contribution in [2.24, 2.45) is 5.73 Å². The van der Waals surface area contributed by atoms with Crippen molar-refractivity contribution in [1.29, 1.82) is 0 Å². The van der Waals surface area contributed by atoms with Crippen molar-refractivity contribution in [3.63, 3.8) is 0 Å². The number of benzene rings is 2. The Morgan fingerprint density at radius 2 is 1.55 bits per heavy atom. The van der Waals surface area contributed by atoms with E-state index < -0.39 is 0 Å². The molecule has 0 spiro atoms. The molecule has 106 valence electrons. The van der Waals surface area contributed by atoms with Gasteiger partial charge in [0.2, 0.25) is 0 Å². The number of rotatable bonds is 5. The van der Waals surface area contributed by atoms with Crippen LogP contribution in [0.3, 0.4) is 0 Å². The molecule has 0 saturated carbocycles. The van der Waals surface area contributed by atoms with Gasteiger partial charge < -0.3 is 15.2 Å². The molecule has 0 aliphatic heterocycles. The first-order valence-corrected chi connectivity index (χ1v) is 7.54. The summed E-state index contributed by atoms with van der Waals surface area (Å²) >= 11 is 1.68. The van der Waals surface area contributed by atoms with Crippen LogP contribution in [0.4, 0.5) is 0 Å². The van der Waals surface area contributed by atoms with E-state index in [0.29, 0.717) is 0 Å². The molecule has 0 aliphatic rings. The summed E-state index contributed by atoms with van der Waals surface area (Å²) in [5, 5.41) is 0. The van der Waals surface area contributed by atoms with E-state index in [1.165, 1.54) is 0 Å². The Hall–Kier alpha value is -1.65. The van der Waals surface area contributed by atoms with Gasteiger partial charge in [0.05, 0.1) is 25.8 Å². The highest BCUT2D eigenvalue weighted by Gasteiger charge is 2.20. The average Bonchev–Trinajstić information content (AvgIpc) is 2.53. The zero-order chi connectivity index (χ0) is 14.5. The molecule has 2 rings (SSSR count). The van der Waals surface area contributed by atoms with Crippen molar-refractivity contribution in [3.8, 4) is 11.5 Å². The van der Waals surface area contributed by atoms with E-state index in [1.54, 1.807) is 26.0 Å². The maximum Gasteiger partial charge on any atom is 0.127 e. The Morgan fingerprint density at radius 3 is 2.10 bits per heavy atom. The lowest BCUT2D eigenvalue weighted by atomic mass is 9.97. The van der Waals surface area contributed by atoms with E-state index in [9.17, 15) is 0 Å². The molecule has 4 heteroatoms. The molecule has 0 heterocycles. The van der Waals surface area contributed by atoms with Crippen LogP contribution in [0.25, 0.3) is 0 Å². The van der Waals surface area contributed by atoms with Gasteiger partial charge in [-0.05, 0) is 30.0 Å². The fourth-order valence-electron chi connectivity index (χ4n) is 2.27. The van der Waals surface area contributed by atoms with Crippen LogP contribution < -0.4 is 15.2 Å². The molecular weight excluding hydrogens is 270 g/mol. The minimum absolute atomic E-state index is 0.287. The van der Waals surface area contributed by atoms with Crippen molar-refractivity contribution in [3.05, 3.63) is 53.6 Å². The molecule has 2 aromatic rings. The van der Waals surface area contributed by atoms with Crippen LogP contribution in [0.2, 0.25) is 0 Å². The first-order chi connectivity index (χ1) is 9.72. The SMILES string of the molecule is COc1cccc(OC)c1C(N)c1ccccc1SC. The minimum atomic E-state index is -0.287. The molecular formula is C16H19NO2S. The number of thioether (sulfide) groups is 1. The Balaban J connectivity index is 2.55. The summed E-state index contributed by atoms with van der Waals surface area (Å²) in [5.74, 6) is 1.49. The van der Waals surface area contributed by atoms with Crippen LogP contribution in [0.5, 0.6) is 11.5 Å². The third-order valence-electron chi connectivity index (χ3n) is 3.25. The van der Waals surface area contributed by atoms with Gasteiger partial charge in [0, 0.05) is 4.90 Å². The second kappa shape index (κ2) is 6.68. The van der Waals surface area contributed by atoms with Crippen LogP contribution in [0.15, 0.2) is 47.4 Å². The largest absolute Gasteiger partial charge is 0.496 e. The number of hydrogen-bond donors (Lipinski definition) is 1. The molecule has 0 bridgehead atoms. The molecule has 2 N–H and O–H groups in total. The van der Waals surface area contributed by atoms with Crippen LogP contribution in [0.1, 0.15) is 17.2 Å². The summed E-state index contributed by atoms with van der Waals surface area (Å²) in [5.41, 5.74) is 8.42. The molecule has 0 aliphatic carbocycles. The van der Waals surface area contributed by atoms with Crippen LogP contribution >= 0.6 is 11.8 Å². The second-order valence-electron chi connectivity index (χ2n) is 4.30. The highest BCUT2D eigenvalue weighted by molar-refractivity contribution is 7.98. The van der Waals surface area contributed by atoms with Gasteiger partial charge in [-0.1, -0.05) is 24.3 Å². The molecule has 0 amide bonds.